The molecule has 2 rings (SSSR count). The van der Waals surface area contributed by atoms with E-state index in [1.807, 2.05) is 0 Å². The van der Waals surface area contributed by atoms with E-state index in [0.29, 0.717) is 27.0 Å². The van der Waals surface area contributed by atoms with Crippen molar-refractivity contribution in [2.75, 3.05) is 0 Å². The molecule has 0 fully saturated rings. The van der Waals surface area contributed by atoms with E-state index < -0.39 is 0 Å². The van der Waals surface area contributed by atoms with Gasteiger partial charge >= 0.3 is 0 Å². The van der Waals surface area contributed by atoms with Crippen LogP contribution >= 0.6 is 34.8 Å². The van der Waals surface area contributed by atoms with Gasteiger partial charge in [-0.05, 0) is 12.1 Å². The molecule has 5 heteroatoms. The molecule has 0 N–H and O–H groups in total. The average molecular weight is 236 g/mol. The Labute approximate surface area is 89.4 Å². The van der Waals surface area contributed by atoms with Gasteiger partial charge in [-0.3, -0.25) is 0 Å². The molecule has 2 aromatic rings. The van der Waals surface area contributed by atoms with Crippen LogP contribution in [0.25, 0.3) is 11.1 Å². The number of hydrogen-bond acceptors (Lipinski definition) is 2. The number of alkyl halides is 1. The number of aromatic nitrogens is 1. The van der Waals surface area contributed by atoms with Crippen LogP contribution in [0.4, 0.5) is 0 Å². The van der Waals surface area contributed by atoms with E-state index in [2.05, 4.69) is 4.98 Å². The SMILES string of the molecule is ClCc1nc2cc(Cl)cc(Cl)c2o1. The second kappa shape index (κ2) is 3.37. The Morgan fingerprint density at radius 3 is 2.77 bits per heavy atom. The summed E-state index contributed by atoms with van der Waals surface area (Å²) < 4.78 is 5.27. The predicted molar refractivity (Wildman–Crippen MR) is 53.6 cm³/mol. The van der Waals surface area contributed by atoms with E-state index in [-0.39, 0.29) is 5.88 Å². The van der Waals surface area contributed by atoms with Crippen LogP contribution in [-0.2, 0) is 5.88 Å². The Kier molecular flexibility index (Phi) is 2.37. The van der Waals surface area contributed by atoms with Gasteiger partial charge < -0.3 is 4.42 Å². The van der Waals surface area contributed by atoms with Crippen LogP contribution in [0.5, 0.6) is 0 Å². The van der Waals surface area contributed by atoms with E-state index in [9.17, 15) is 0 Å². The van der Waals surface area contributed by atoms with Crippen LogP contribution in [0.1, 0.15) is 5.89 Å². The van der Waals surface area contributed by atoms with Crippen molar-refractivity contribution >= 4 is 45.9 Å². The number of fused-ring (bicyclic) bond motifs is 1. The van der Waals surface area contributed by atoms with Crippen LogP contribution in [-0.4, -0.2) is 4.98 Å². The number of benzene rings is 1. The summed E-state index contributed by atoms with van der Waals surface area (Å²) in [5.41, 5.74) is 1.16. The van der Waals surface area contributed by atoms with Crippen molar-refractivity contribution in [3.8, 4) is 0 Å². The first kappa shape index (κ1) is 9.13. The number of oxazole rings is 1. The van der Waals surface area contributed by atoms with Crippen LogP contribution in [0.3, 0.4) is 0 Å². The summed E-state index contributed by atoms with van der Waals surface area (Å²) in [4.78, 5) is 4.09. The summed E-state index contributed by atoms with van der Waals surface area (Å²) >= 11 is 17.2. The number of nitrogens with zero attached hydrogens (tertiary/aromatic N) is 1. The molecule has 1 aromatic carbocycles. The number of hydrogen-bond donors (Lipinski definition) is 0. The zero-order valence-electron chi connectivity index (χ0n) is 6.35. The molecule has 68 valence electrons. The van der Waals surface area contributed by atoms with Gasteiger partial charge in [-0.1, -0.05) is 23.2 Å². The van der Waals surface area contributed by atoms with Gasteiger partial charge in [0.1, 0.15) is 5.52 Å². The van der Waals surface area contributed by atoms with E-state index >= 15 is 0 Å². The van der Waals surface area contributed by atoms with Gasteiger partial charge in [0.25, 0.3) is 0 Å². The minimum atomic E-state index is 0.225. The lowest BCUT2D eigenvalue weighted by molar-refractivity contribution is 0.555. The van der Waals surface area contributed by atoms with E-state index in [0.717, 1.165) is 0 Å². The highest BCUT2D eigenvalue weighted by molar-refractivity contribution is 6.38. The summed E-state index contributed by atoms with van der Waals surface area (Å²) in [5, 5.41) is 0.985. The third kappa shape index (κ3) is 1.62. The summed E-state index contributed by atoms with van der Waals surface area (Å²) in [7, 11) is 0. The normalized spacial score (nSPS) is 11.0. The molecular formula is C8H4Cl3NO. The van der Waals surface area contributed by atoms with Crippen molar-refractivity contribution in [1.82, 2.24) is 4.98 Å². The Bertz CT molecular complexity index is 452. The molecule has 0 saturated heterocycles. The first-order valence-corrected chi connectivity index (χ1v) is 4.80. The molecule has 0 spiro atoms. The highest BCUT2D eigenvalue weighted by atomic mass is 35.5. The Balaban J connectivity index is 2.75. The molecule has 0 amide bonds. The van der Waals surface area contributed by atoms with Gasteiger partial charge in [-0.25, -0.2) is 4.98 Å². The summed E-state index contributed by atoms with van der Waals surface area (Å²) in [6, 6.07) is 3.29. The lowest BCUT2D eigenvalue weighted by Gasteiger charge is -1.91. The molecule has 0 aliphatic carbocycles. The standard InChI is InChI=1S/C8H4Cl3NO/c9-3-7-12-6-2-4(10)1-5(11)8(6)13-7/h1-2H,3H2. The largest absolute Gasteiger partial charge is 0.438 e. The first-order chi connectivity index (χ1) is 6.20. The molecule has 0 atom stereocenters. The second-order valence-corrected chi connectivity index (χ2v) is 3.59. The molecule has 0 radical (unpaired) electrons. The molecule has 0 aliphatic heterocycles. The fourth-order valence-electron chi connectivity index (χ4n) is 1.06. The third-order valence-corrected chi connectivity index (χ3v) is 2.30. The molecule has 0 aliphatic rings. The fourth-order valence-corrected chi connectivity index (χ4v) is 1.70. The van der Waals surface area contributed by atoms with Gasteiger partial charge in [0.2, 0.25) is 5.89 Å². The molecule has 0 saturated carbocycles. The minimum absolute atomic E-state index is 0.225. The van der Waals surface area contributed by atoms with E-state index in [1.54, 1.807) is 12.1 Å². The minimum Gasteiger partial charge on any atom is -0.438 e. The quantitative estimate of drug-likeness (QED) is 0.703. The van der Waals surface area contributed by atoms with Crippen LogP contribution in [0.15, 0.2) is 16.5 Å². The molecule has 0 unspecified atom stereocenters. The Hall–Kier alpha value is -0.440. The maximum atomic E-state index is 5.87. The van der Waals surface area contributed by atoms with Gasteiger partial charge in [-0.15, -0.1) is 11.6 Å². The van der Waals surface area contributed by atoms with Crippen molar-refractivity contribution in [2.24, 2.45) is 0 Å². The van der Waals surface area contributed by atoms with Crippen molar-refractivity contribution < 1.29 is 4.42 Å². The molecule has 2 nitrogen and oxygen atoms in total. The second-order valence-electron chi connectivity index (χ2n) is 2.48. The lowest BCUT2D eigenvalue weighted by atomic mass is 10.3. The van der Waals surface area contributed by atoms with Crippen molar-refractivity contribution in [1.29, 1.82) is 0 Å². The highest BCUT2D eigenvalue weighted by Crippen LogP contribution is 2.28. The van der Waals surface area contributed by atoms with Gasteiger partial charge in [0.05, 0.1) is 10.9 Å². The lowest BCUT2D eigenvalue weighted by Crippen LogP contribution is -1.73. The first-order valence-electron chi connectivity index (χ1n) is 3.51. The molecular weight excluding hydrogens is 232 g/mol. The topological polar surface area (TPSA) is 26.0 Å². The zero-order chi connectivity index (χ0) is 9.42. The summed E-state index contributed by atoms with van der Waals surface area (Å²) in [5.74, 6) is 0.670. The maximum Gasteiger partial charge on any atom is 0.210 e. The smallest absolute Gasteiger partial charge is 0.210 e. The van der Waals surface area contributed by atoms with Crippen molar-refractivity contribution in [3.63, 3.8) is 0 Å². The molecule has 0 bridgehead atoms. The molecule has 13 heavy (non-hydrogen) atoms. The molecule has 1 heterocycles. The number of rotatable bonds is 1. The summed E-state index contributed by atoms with van der Waals surface area (Å²) in [6.45, 7) is 0. The van der Waals surface area contributed by atoms with Crippen LogP contribution < -0.4 is 0 Å². The average Bonchev–Trinajstić information content (AvgIpc) is 2.47. The predicted octanol–water partition coefficient (Wildman–Crippen LogP) is 3.87. The Morgan fingerprint density at radius 2 is 2.08 bits per heavy atom. The van der Waals surface area contributed by atoms with Gasteiger partial charge in [-0.2, -0.15) is 0 Å². The monoisotopic (exact) mass is 235 g/mol. The number of halogens is 3. The van der Waals surface area contributed by atoms with Crippen molar-refractivity contribution in [3.05, 3.63) is 28.1 Å². The summed E-state index contributed by atoms with van der Waals surface area (Å²) in [6.07, 6.45) is 0. The molecule has 1 aromatic heterocycles. The Morgan fingerprint density at radius 1 is 1.31 bits per heavy atom. The van der Waals surface area contributed by atoms with Crippen molar-refractivity contribution in [2.45, 2.75) is 5.88 Å². The maximum absolute atomic E-state index is 5.87. The van der Waals surface area contributed by atoms with Gasteiger partial charge in [0.15, 0.2) is 5.58 Å². The van der Waals surface area contributed by atoms with Gasteiger partial charge in [0, 0.05) is 5.02 Å². The van der Waals surface area contributed by atoms with Crippen LogP contribution in [0, 0.1) is 0 Å². The third-order valence-electron chi connectivity index (χ3n) is 1.57. The van der Waals surface area contributed by atoms with Crippen LogP contribution in [0.2, 0.25) is 10.0 Å². The fraction of sp³-hybridized carbons (Fsp3) is 0.125. The van der Waals surface area contributed by atoms with E-state index in [4.69, 9.17) is 39.2 Å². The zero-order valence-corrected chi connectivity index (χ0v) is 8.62. The highest BCUT2D eigenvalue weighted by Gasteiger charge is 2.09. The van der Waals surface area contributed by atoms with E-state index in [1.165, 1.54) is 0 Å².